The summed E-state index contributed by atoms with van der Waals surface area (Å²) in [5.41, 5.74) is 0.463. The van der Waals surface area contributed by atoms with Crippen LogP contribution in [0.2, 0.25) is 5.02 Å². The maximum atomic E-state index is 12.2. The summed E-state index contributed by atoms with van der Waals surface area (Å²) in [6, 6.07) is 7.07. The van der Waals surface area contributed by atoms with Crippen molar-refractivity contribution in [1.82, 2.24) is 0 Å². The van der Waals surface area contributed by atoms with Crippen molar-refractivity contribution in [3.05, 3.63) is 34.9 Å². The normalized spacial score (nSPS) is 12.1. The molecule has 0 aliphatic heterocycles. The summed E-state index contributed by atoms with van der Waals surface area (Å²) in [5, 5.41) is 0.459. The average Bonchev–Trinajstić information content (AvgIpc) is 2.59. The summed E-state index contributed by atoms with van der Waals surface area (Å²) >= 11 is 6.05. The Labute approximate surface area is 152 Å². The van der Waals surface area contributed by atoms with E-state index in [2.05, 4.69) is 13.8 Å². The average molecular weight is 353 g/mol. The minimum atomic E-state index is -0.302. The topological polar surface area (TPSA) is 26.3 Å². The Kier molecular flexibility index (Phi) is 11.6. The zero-order valence-electron chi connectivity index (χ0n) is 15.4. The first-order chi connectivity index (χ1) is 11.7. The summed E-state index contributed by atoms with van der Waals surface area (Å²) in [7, 11) is 0. The quantitative estimate of drug-likeness (QED) is 0.277. The predicted octanol–water partition coefficient (Wildman–Crippen LogP) is 7.20. The molecule has 1 atom stereocenters. The van der Waals surface area contributed by atoms with E-state index in [9.17, 15) is 4.79 Å². The van der Waals surface area contributed by atoms with Gasteiger partial charge in [0.05, 0.1) is 10.6 Å². The van der Waals surface area contributed by atoms with Crippen LogP contribution in [0.5, 0.6) is 0 Å². The number of rotatable bonds is 13. The molecule has 0 saturated heterocycles. The number of benzene rings is 1. The Morgan fingerprint density at radius 1 is 0.958 bits per heavy atom. The maximum Gasteiger partial charge on any atom is 0.339 e. The molecule has 0 aromatic heterocycles. The number of hydrogen-bond acceptors (Lipinski definition) is 2. The molecule has 0 aliphatic rings. The summed E-state index contributed by atoms with van der Waals surface area (Å²) in [5.74, 6) is -0.302. The highest BCUT2D eigenvalue weighted by molar-refractivity contribution is 6.33. The van der Waals surface area contributed by atoms with E-state index in [0.717, 1.165) is 19.3 Å². The van der Waals surface area contributed by atoms with Gasteiger partial charge in [-0.3, -0.25) is 0 Å². The lowest BCUT2D eigenvalue weighted by Crippen LogP contribution is -2.17. The van der Waals surface area contributed by atoms with Gasteiger partial charge in [0.2, 0.25) is 0 Å². The fraction of sp³-hybridized carbons (Fsp3) is 0.667. The summed E-state index contributed by atoms with van der Waals surface area (Å²) in [6.07, 6.45) is 13.6. The molecule has 24 heavy (non-hydrogen) atoms. The van der Waals surface area contributed by atoms with Gasteiger partial charge in [-0.25, -0.2) is 4.79 Å². The van der Waals surface area contributed by atoms with Crippen molar-refractivity contribution in [3.8, 4) is 0 Å². The SMILES string of the molecule is CCCCCCCCCCCC(CC)OC(=O)c1ccccc1Cl. The zero-order valence-corrected chi connectivity index (χ0v) is 16.1. The largest absolute Gasteiger partial charge is 0.459 e. The molecule has 0 spiro atoms. The Bertz CT molecular complexity index is 459. The molecular formula is C21H33ClO2. The van der Waals surface area contributed by atoms with E-state index in [4.69, 9.17) is 16.3 Å². The molecular weight excluding hydrogens is 320 g/mol. The molecule has 0 radical (unpaired) electrons. The van der Waals surface area contributed by atoms with Gasteiger partial charge in [0, 0.05) is 0 Å². The lowest BCUT2D eigenvalue weighted by molar-refractivity contribution is 0.0267. The molecule has 0 heterocycles. The van der Waals surface area contributed by atoms with Gasteiger partial charge >= 0.3 is 5.97 Å². The van der Waals surface area contributed by atoms with Gasteiger partial charge in [-0.1, -0.05) is 88.9 Å². The van der Waals surface area contributed by atoms with Crippen molar-refractivity contribution in [2.24, 2.45) is 0 Å². The van der Waals surface area contributed by atoms with Gasteiger partial charge in [-0.15, -0.1) is 0 Å². The Morgan fingerprint density at radius 2 is 1.54 bits per heavy atom. The molecule has 0 saturated carbocycles. The fourth-order valence-corrected chi connectivity index (χ4v) is 3.08. The van der Waals surface area contributed by atoms with E-state index in [1.165, 1.54) is 51.4 Å². The highest BCUT2D eigenvalue weighted by atomic mass is 35.5. The minimum Gasteiger partial charge on any atom is -0.459 e. The van der Waals surface area contributed by atoms with Crippen LogP contribution in [0.1, 0.15) is 94.8 Å². The molecule has 1 rings (SSSR count). The Morgan fingerprint density at radius 3 is 2.12 bits per heavy atom. The van der Waals surface area contributed by atoms with Crippen LogP contribution in [0.25, 0.3) is 0 Å². The number of carbonyl (C=O) groups excluding carboxylic acids is 1. The van der Waals surface area contributed by atoms with E-state index < -0.39 is 0 Å². The van der Waals surface area contributed by atoms with Crippen LogP contribution in [0.4, 0.5) is 0 Å². The van der Waals surface area contributed by atoms with E-state index in [0.29, 0.717) is 10.6 Å². The molecule has 0 aliphatic carbocycles. The third-order valence-corrected chi connectivity index (χ3v) is 4.78. The van der Waals surface area contributed by atoms with Gasteiger partial charge < -0.3 is 4.74 Å². The summed E-state index contributed by atoms with van der Waals surface area (Å²) < 4.78 is 5.62. The van der Waals surface area contributed by atoms with Crippen molar-refractivity contribution in [2.75, 3.05) is 0 Å². The second-order valence-electron chi connectivity index (χ2n) is 6.53. The highest BCUT2D eigenvalue weighted by Gasteiger charge is 2.16. The molecule has 3 heteroatoms. The van der Waals surface area contributed by atoms with Crippen LogP contribution < -0.4 is 0 Å². The van der Waals surface area contributed by atoms with Gasteiger partial charge in [-0.05, 0) is 31.4 Å². The number of ether oxygens (including phenoxy) is 1. The van der Waals surface area contributed by atoms with E-state index in [1.807, 2.05) is 12.1 Å². The number of unbranched alkanes of at least 4 members (excludes halogenated alkanes) is 8. The van der Waals surface area contributed by atoms with Crippen LogP contribution in [0, 0.1) is 0 Å². The van der Waals surface area contributed by atoms with Crippen molar-refractivity contribution in [1.29, 1.82) is 0 Å². The molecule has 1 aromatic carbocycles. The van der Waals surface area contributed by atoms with E-state index in [-0.39, 0.29) is 12.1 Å². The first kappa shape index (κ1) is 21.0. The summed E-state index contributed by atoms with van der Waals surface area (Å²) in [6.45, 7) is 4.32. The van der Waals surface area contributed by atoms with Gasteiger partial charge in [-0.2, -0.15) is 0 Å². The molecule has 2 nitrogen and oxygen atoms in total. The zero-order chi connectivity index (χ0) is 17.6. The smallest absolute Gasteiger partial charge is 0.339 e. The first-order valence-electron chi connectivity index (χ1n) is 9.64. The molecule has 136 valence electrons. The van der Waals surface area contributed by atoms with Crippen LogP contribution in [-0.2, 0) is 4.74 Å². The van der Waals surface area contributed by atoms with Crippen LogP contribution >= 0.6 is 11.6 Å². The number of carbonyl (C=O) groups is 1. The van der Waals surface area contributed by atoms with Crippen LogP contribution in [0.3, 0.4) is 0 Å². The monoisotopic (exact) mass is 352 g/mol. The van der Waals surface area contributed by atoms with Crippen molar-refractivity contribution in [3.63, 3.8) is 0 Å². The number of esters is 1. The Hall–Kier alpha value is -1.02. The molecule has 1 unspecified atom stereocenters. The van der Waals surface area contributed by atoms with E-state index >= 15 is 0 Å². The van der Waals surface area contributed by atoms with E-state index in [1.54, 1.807) is 12.1 Å². The number of halogens is 1. The molecule has 0 amide bonds. The second kappa shape index (κ2) is 13.3. The van der Waals surface area contributed by atoms with Crippen molar-refractivity contribution in [2.45, 2.75) is 90.6 Å². The van der Waals surface area contributed by atoms with Crippen LogP contribution in [-0.4, -0.2) is 12.1 Å². The minimum absolute atomic E-state index is 0.00155. The fourth-order valence-electron chi connectivity index (χ4n) is 2.87. The second-order valence-corrected chi connectivity index (χ2v) is 6.94. The molecule has 0 N–H and O–H groups in total. The van der Waals surface area contributed by atoms with Gasteiger partial charge in [0.25, 0.3) is 0 Å². The maximum absolute atomic E-state index is 12.2. The lowest BCUT2D eigenvalue weighted by Gasteiger charge is -2.16. The van der Waals surface area contributed by atoms with Crippen molar-refractivity contribution >= 4 is 17.6 Å². The molecule has 0 fully saturated rings. The third kappa shape index (κ3) is 8.73. The van der Waals surface area contributed by atoms with Crippen LogP contribution in [0.15, 0.2) is 24.3 Å². The summed E-state index contributed by atoms with van der Waals surface area (Å²) in [4.78, 5) is 12.2. The van der Waals surface area contributed by atoms with Crippen molar-refractivity contribution < 1.29 is 9.53 Å². The molecule has 1 aromatic rings. The Balaban J connectivity index is 2.16. The predicted molar refractivity (Wildman–Crippen MR) is 103 cm³/mol. The standard InChI is InChI=1S/C21H33ClO2/c1-3-5-6-7-8-9-10-11-12-15-18(4-2)24-21(23)19-16-13-14-17-20(19)22/h13-14,16-18H,3-12,15H2,1-2H3. The van der Waals surface area contributed by atoms with Gasteiger partial charge in [0.15, 0.2) is 0 Å². The van der Waals surface area contributed by atoms with Gasteiger partial charge in [0.1, 0.15) is 6.10 Å². The lowest BCUT2D eigenvalue weighted by atomic mass is 10.0. The highest BCUT2D eigenvalue weighted by Crippen LogP contribution is 2.19. The third-order valence-electron chi connectivity index (χ3n) is 4.45. The molecule has 0 bridgehead atoms. The first-order valence-corrected chi connectivity index (χ1v) is 10.0. The number of hydrogen-bond donors (Lipinski definition) is 0.